The lowest BCUT2D eigenvalue weighted by Crippen LogP contribution is -2.38. The molecular formula is C13H22N2O. The quantitative estimate of drug-likeness (QED) is 0.770. The molecule has 3 nitrogen and oxygen atoms in total. The molecule has 1 aliphatic rings. The van der Waals surface area contributed by atoms with Crippen molar-refractivity contribution in [3.63, 3.8) is 0 Å². The molecule has 1 saturated carbocycles. The number of furan rings is 1. The molecule has 1 fully saturated rings. The van der Waals surface area contributed by atoms with E-state index in [1.54, 1.807) is 6.26 Å². The first kappa shape index (κ1) is 11.7. The predicted octanol–water partition coefficient (Wildman–Crippen LogP) is 2.37. The molecule has 16 heavy (non-hydrogen) atoms. The van der Waals surface area contributed by atoms with Crippen LogP contribution in [0.5, 0.6) is 0 Å². The Labute approximate surface area is 97.6 Å². The molecule has 2 N–H and O–H groups in total. The Morgan fingerprint density at radius 1 is 1.56 bits per heavy atom. The van der Waals surface area contributed by atoms with E-state index in [1.165, 1.54) is 19.3 Å². The fourth-order valence-electron chi connectivity index (χ4n) is 2.15. The van der Waals surface area contributed by atoms with Gasteiger partial charge in [0.1, 0.15) is 5.76 Å². The number of rotatable bonds is 7. The van der Waals surface area contributed by atoms with Crippen molar-refractivity contribution in [2.24, 2.45) is 5.73 Å². The molecule has 0 spiro atoms. The smallest absolute Gasteiger partial charge is 0.117 e. The summed E-state index contributed by atoms with van der Waals surface area (Å²) in [4.78, 5) is 2.47. The van der Waals surface area contributed by atoms with Gasteiger partial charge in [-0.15, -0.1) is 0 Å². The maximum Gasteiger partial charge on any atom is 0.117 e. The first-order valence-corrected chi connectivity index (χ1v) is 6.31. The van der Waals surface area contributed by atoms with Crippen molar-refractivity contribution in [2.75, 3.05) is 6.54 Å². The lowest BCUT2D eigenvalue weighted by molar-refractivity contribution is 0.216. The summed E-state index contributed by atoms with van der Waals surface area (Å²) in [5.74, 6) is 1.05. The van der Waals surface area contributed by atoms with E-state index >= 15 is 0 Å². The second kappa shape index (κ2) is 5.51. The van der Waals surface area contributed by atoms with Gasteiger partial charge in [-0.1, -0.05) is 13.3 Å². The largest absolute Gasteiger partial charge is 0.468 e. The molecule has 1 unspecified atom stereocenters. The van der Waals surface area contributed by atoms with Gasteiger partial charge in [0.25, 0.3) is 0 Å². The van der Waals surface area contributed by atoms with E-state index in [2.05, 4.69) is 11.8 Å². The summed E-state index contributed by atoms with van der Waals surface area (Å²) in [7, 11) is 0. The summed E-state index contributed by atoms with van der Waals surface area (Å²) in [6, 6.07) is 5.04. The Kier molecular flexibility index (Phi) is 4.02. The zero-order chi connectivity index (χ0) is 11.4. The maximum atomic E-state index is 6.11. The summed E-state index contributed by atoms with van der Waals surface area (Å²) >= 11 is 0. The van der Waals surface area contributed by atoms with Crippen molar-refractivity contribution >= 4 is 0 Å². The highest BCUT2D eigenvalue weighted by Gasteiger charge is 2.30. The van der Waals surface area contributed by atoms with E-state index in [-0.39, 0.29) is 0 Å². The van der Waals surface area contributed by atoms with Gasteiger partial charge in [0.15, 0.2) is 0 Å². The molecule has 0 aliphatic heterocycles. The van der Waals surface area contributed by atoms with Gasteiger partial charge >= 0.3 is 0 Å². The van der Waals surface area contributed by atoms with E-state index in [4.69, 9.17) is 10.2 Å². The first-order valence-electron chi connectivity index (χ1n) is 6.31. The van der Waals surface area contributed by atoms with Crippen LogP contribution in [-0.2, 0) is 6.54 Å². The van der Waals surface area contributed by atoms with E-state index in [9.17, 15) is 0 Å². The fraction of sp³-hybridized carbons (Fsp3) is 0.692. The third kappa shape index (κ3) is 3.35. The van der Waals surface area contributed by atoms with E-state index in [0.717, 1.165) is 31.3 Å². The van der Waals surface area contributed by atoms with Crippen LogP contribution in [0.1, 0.15) is 38.4 Å². The van der Waals surface area contributed by atoms with Crippen LogP contribution >= 0.6 is 0 Å². The van der Waals surface area contributed by atoms with Gasteiger partial charge in [-0.25, -0.2) is 0 Å². The zero-order valence-electron chi connectivity index (χ0n) is 10.1. The fourth-order valence-corrected chi connectivity index (χ4v) is 2.15. The number of nitrogens with two attached hydrogens (primary N) is 1. The molecule has 0 aromatic carbocycles. The normalized spacial score (nSPS) is 17.9. The van der Waals surface area contributed by atoms with Crippen molar-refractivity contribution < 1.29 is 4.42 Å². The third-order valence-electron chi connectivity index (χ3n) is 3.13. The lowest BCUT2D eigenvalue weighted by Gasteiger charge is -2.24. The van der Waals surface area contributed by atoms with Crippen molar-refractivity contribution in [1.82, 2.24) is 4.90 Å². The molecule has 1 aromatic rings. The molecule has 90 valence electrons. The van der Waals surface area contributed by atoms with E-state index < -0.39 is 0 Å². The molecular weight excluding hydrogens is 200 g/mol. The number of nitrogens with zero attached hydrogens (tertiary/aromatic N) is 1. The second-order valence-electron chi connectivity index (χ2n) is 4.79. The van der Waals surface area contributed by atoms with Crippen molar-refractivity contribution in [3.8, 4) is 0 Å². The highest BCUT2D eigenvalue weighted by Crippen LogP contribution is 2.28. The Morgan fingerprint density at radius 3 is 2.94 bits per heavy atom. The predicted molar refractivity (Wildman–Crippen MR) is 65.0 cm³/mol. The van der Waals surface area contributed by atoms with Crippen LogP contribution in [-0.4, -0.2) is 23.5 Å². The summed E-state index contributed by atoms with van der Waals surface area (Å²) in [6.45, 7) is 4.10. The summed E-state index contributed by atoms with van der Waals surface area (Å²) < 4.78 is 5.40. The van der Waals surface area contributed by atoms with Crippen LogP contribution in [0.15, 0.2) is 22.8 Å². The highest BCUT2D eigenvalue weighted by atomic mass is 16.3. The zero-order valence-corrected chi connectivity index (χ0v) is 10.1. The molecule has 1 aromatic heterocycles. The Bertz CT molecular complexity index is 293. The third-order valence-corrected chi connectivity index (χ3v) is 3.13. The molecule has 0 saturated heterocycles. The first-order chi connectivity index (χ1) is 7.79. The molecule has 1 aliphatic carbocycles. The number of hydrogen-bond acceptors (Lipinski definition) is 3. The van der Waals surface area contributed by atoms with Crippen LogP contribution in [0.25, 0.3) is 0 Å². The topological polar surface area (TPSA) is 42.4 Å². The average molecular weight is 222 g/mol. The molecule has 3 heteroatoms. The summed E-state index contributed by atoms with van der Waals surface area (Å²) in [5, 5.41) is 0. The van der Waals surface area contributed by atoms with Gasteiger partial charge in [-0.2, -0.15) is 0 Å². The highest BCUT2D eigenvalue weighted by molar-refractivity contribution is 5.00. The maximum absolute atomic E-state index is 6.11. The molecule has 0 radical (unpaired) electrons. The van der Waals surface area contributed by atoms with Crippen LogP contribution in [0, 0.1) is 0 Å². The van der Waals surface area contributed by atoms with Crippen LogP contribution in [0.4, 0.5) is 0 Å². The lowest BCUT2D eigenvalue weighted by atomic mass is 10.1. The van der Waals surface area contributed by atoms with Crippen LogP contribution in [0.3, 0.4) is 0 Å². The monoisotopic (exact) mass is 222 g/mol. The van der Waals surface area contributed by atoms with Crippen molar-refractivity contribution in [3.05, 3.63) is 24.2 Å². The van der Waals surface area contributed by atoms with Gasteiger partial charge in [0.05, 0.1) is 12.8 Å². The molecule has 0 amide bonds. The van der Waals surface area contributed by atoms with Gasteiger partial charge in [-0.05, 0) is 31.4 Å². The standard InChI is InChI=1S/C13H22N2O/c1-2-4-11(14)9-15(12-6-7-12)10-13-5-3-8-16-13/h3,5,8,11-12H,2,4,6-7,9-10,14H2,1H3. The van der Waals surface area contributed by atoms with Gasteiger partial charge < -0.3 is 10.2 Å². The Hall–Kier alpha value is -0.800. The van der Waals surface area contributed by atoms with Crippen LogP contribution < -0.4 is 5.73 Å². The summed E-state index contributed by atoms with van der Waals surface area (Å²) in [6.07, 6.45) is 6.66. The van der Waals surface area contributed by atoms with E-state index in [1.807, 2.05) is 12.1 Å². The van der Waals surface area contributed by atoms with Gasteiger partial charge in [0.2, 0.25) is 0 Å². The molecule has 1 heterocycles. The summed E-state index contributed by atoms with van der Waals surface area (Å²) in [5.41, 5.74) is 6.11. The Balaban J connectivity index is 1.85. The number of hydrogen-bond donors (Lipinski definition) is 1. The minimum absolute atomic E-state index is 0.306. The minimum Gasteiger partial charge on any atom is -0.468 e. The van der Waals surface area contributed by atoms with Gasteiger partial charge in [0, 0.05) is 18.6 Å². The van der Waals surface area contributed by atoms with Crippen molar-refractivity contribution in [2.45, 2.75) is 51.2 Å². The van der Waals surface area contributed by atoms with E-state index in [0.29, 0.717) is 6.04 Å². The van der Waals surface area contributed by atoms with Gasteiger partial charge in [-0.3, -0.25) is 4.90 Å². The molecule has 0 bridgehead atoms. The van der Waals surface area contributed by atoms with Crippen LogP contribution in [0.2, 0.25) is 0 Å². The average Bonchev–Trinajstić information content (AvgIpc) is 2.98. The molecule has 2 rings (SSSR count). The minimum atomic E-state index is 0.306. The van der Waals surface area contributed by atoms with Crippen molar-refractivity contribution in [1.29, 1.82) is 0 Å². The Morgan fingerprint density at radius 2 is 2.38 bits per heavy atom. The molecule has 1 atom stereocenters. The SMILES string of the molecule is CCCC(N)CN(Cc1ccco1)C1CC1. The second-order valence-corrected chi connectivity index (χ2v) is 4.79.